The van der Waals surface area contributed by atoms with Crippen molar-refractivity contribution >= 4 is 30.2 Å². The molecule has 0 saturated carbocycles. The molecule has 0 amide bonds. The molecule has 4 aromatic rings. The summed E-state index contributed by atoms with van der Waals surface area (Å²) in [5.41, 5.74) is 4.77. The summed E-state index contributed by atoms with van der Waals surface area (Å²) >= 11 is 0. The second-order valence-electron chi connectivity index (χ2n) is 13.1. The molecule has 2 N–H and O–H groups in total. The van der Waals surface area contributed by atoms with E-state index in [-0.39, 0.29) is 11.0 Å². The van der Waals surface area contributed by atoms with E-state index in [0.717, 1.165) is 52.2 Å². The molecular weight excluding hydrogens is 547 g/mol. The smallest absolute Gasteiger partial charge is 0.192 e. The van der Waals surface area contributed by atoms with Crippen molar-refractivity contribution in [1.82, 2.24) is 19.7 Å². The van der Waals surface area contributed by atoms with Crippen LogP contribution in [-0.2, 0) is 22.0 Å². The van der Waals surface area contributed by atoms with E-state index in [2.05, 4.69) is 76.2 Å². The minimum atomic E-state index is -1.89. The predicted molar refractivity (Wildman–Crippen MR) is 173 cm³/mol. The maximum atomic E-state index is 12.2. The number of rotatable bonds is 11. The number of pyridine rings is 2. The molecule has 1 unspecified atom stereocenters. The summed E-state index contributed by atoms with van der Waals surface area (Å²) in [6, 6.07) is 18.5. The Hall–Kier alpha value is -2.72. The first-order valence-corrected chi connectivity index (χ1v) is 18.6. The van der Waals surface area contributed by atoms with Gasteiger partial charge in [-0.2, -0.15) is 5.10 Å². The Balaban J connectivity index is 1.64. The first-order valence-electron chi connectivity index (χ1n) is 14.4. The third kappa shape index (κ3) is 7.20. The minimum absolute atomic E-state index is 0.139. The lowest BCUT2D eigenvalue weighted by atomic mass is 9.89. The van der Waals surface area contributed by atoms with Crippen LogP contribution in [0.4, 0.5) is 0 Å². The topological polar surface area (TPSA) is 95.9 Å². The van der Waals surface area contributed by atoms with E-state index >= 15 is 0 Å². The van der Waals surface area contributed by atoms with Gasteiger partial charge in [-0.1, -0.05) is 58.4 Å². The van der Waals surface area contributed by atoms with Gasteiger partial charge in [-0.05, 0) is 75.2 Å². The number of benzene rings is 1. The van der Waals surface area contributed by atoms with Gasteiger partial charge in [0.2, 0.25) is 0 Å². The summed E-state index contributed by atoms with van der Waals surface area (Å²) in [4.78, 5) is 9.99. The van der Waals surface area contributed by atoms with Gasteiger partial charge in [0, 0.05) is 22.6 Å². The summed E-state index contributed by atoms with van der Waals surface area (Å²) in [5.74, 6) is 0.937. The molecule has 0 aliphatic heterocycles. The van der Waals surface area contributed by atoms with Gasteiger partial charge < -0.3 is 4.43 Å². The molecule has 0 radical (unpaired) electrons. The Kier molecular flexibility index (Phi) is 9.33. The van der Waals surface area contributed by atoms with Gasteiger partial charge in [0.25, 0.3) is 0 Å². The van der Waals surface area contributed by atoms with Gasteiger partial charge in [-0.25, -0.2) is 13.9 Å². The van der Waals surface area contributed by atoms with E-state index in [1.165, 1.54) is 0 Å². The van der Waals surface area contributed by atoms with Crippen molar-refractivity contribution in [3.8, 4) is 17.1 Å². The van der Waals surface area contributed by atoms with Crippen molar-refractivity contribution in [2.45, 2.75) is 96.2 Å². The summed E-state index contributed by atoms with van der Waals surface area (Å²) in [5, 5.41) is 11.7. The average molecular weight is 592 g/mol. The molecule has 3 aromatic heterocycles. The molecule has 0 saturated heterocycles. The van der Waals surface area contributed by atoms with Crippen LogP contribution in [0.25, 0.3) is 28.0 Å². The Morgan fingerprint density at radius 2 is 1.76 bits per heavy atom. The first-order chi connectivity index (χ1) is 19.2. The SMILES string of the molecule is CCC[C@@H](CC(C)(C)S(N)=O)c1cccc(-c2ccc3cnn(-c4cccc(CO[Si](C)(C)C(C)(C)C)n4)c3c2)n1. The molecule has 41 heavy (non-hydrogen) atoms. The van der Waals surface area contributed by atoms with Crippen LogP contribution in [-0.4, -0.2) is 37.0 Å². The summed E-state index contributed by atoms with van der Waals surface area (Å²) in [7, 11) is -3.30. The van der Waals surface area contributed by atoms with E-state index in [1.807, 2.05) is 49.0 Å². The fourth-order valence-electron chi connectivity index (χ4n) is 4.71. The fraction of sp³-hybridized carbons (Fsp3) is 0.469. The average Bonchev–Trinajstić information content (AvgIpc) is 3.34. The van der Waals surface area contributed by atoms with Crippen LogP contribution in [0.15, 0.2) is 60.8 Å². The summed E-state index contributed by atoms with van der Waals surface area (Å²) in [6.45, 7) is 17.8. The monoisotopic (exact) mass is 591 g/mol. The zero-order chi connectivity index (χ0) is 30.0. The van der Waals surface area contributed by atoms with Crippen molar-refractivity contribution in [2.75, 3.05) is 0 Å². The fourth-order valence-corrected chi connectivity index (χ4v) is 6.02. The lowest BCUT2D eigenvalue weighted by Gasteiger charge is -2.36. The lowest BCUT2D eigenvalue weighted by molar-refractivity contribution is 0.272. The highest BCUT2D eigenvalue weighted by Gasteiger charge is 2.37. The normalized spacial score (nSPS) is 14.4. The molecular formula is C32H45N5O2SSi. The van der Waals surface area contributed by atoms with Crippen molar-refractivity contribution < 1.29 is 8.63 Å². The maximum absolute atomic E-state index is 12.2. The van der Waals surface area contributed by atoms with Gasteiger partial charge in [0.15, 0.2) is 14.1 Å². The first kappa shape index (κ1) is 31.2. The van der Waals surface area contributed by atoms with Crippen molar-refractivity contribution in [2.24, 2.45) is 5.14 Å². The van der Waals surface area contributed by atoms with Crippen molar-refractivity contribution in [3.63, 3.8) is 0 Å². The van der Waals surface area contributed by atoms with E-state index < -0.39 is 24.1 Å². The van der Waals surface area contributed by atoms with Crippen LogP contribution in [0.1, 0.15) is 78.1 Å². The number of fused-ring (bicyclic) bond motifs is 1. The zero-order valence-corrected chi connectivity index (χ0v) is 27.6. The molecule has 9 heteroatoms. The van der Waals surface area contributed by atoms with Crippen LogP contribution < -0.4 is 5.14 Å². The van der Waals surface area contributed by atoms with Crippen LogP contribution >= 0.6 is 0 Å². The molecule has 0 aliphatic carbocycles. The number of hydrogen-bond donors (Lipinski definition) is 1. The highest BCUT2D eigenvalue weighted by Crippen LogP contribution is 2.37. The van der Waals surface area contributed by atoms with Crippen molar-refractivity contribution in [1.29, 1.82) is 0 Å². The minimum Gasteiger partial charge on any atom is -0.411 e. The molecule has 0 spiro atoms. The third-order valence-electron chi connectivity index (χ3n) is 8.37. The quantitative estimate of drug-likeness (QED) is 0.181. The molecule has 220 valence electrons. The molecule has 3 heterocycles. The number of aromatic nitrogens is 4. The highest BCUT2D eigenvalue weighted by atomic mass is 32.2. The van der Waals surface area contributed by atoms with Crippen LogP contribution in [0.2, 0.25) is 18.1 Å². The predicted octanol–water partition coefficient (Wildman–Crippen LogP) is 7.68. The Labute approximate surface area is 248 Å². The number of nitrogens with two attached hydrogens (primary N) is 1. The number of nitrogens with zero attached hydrogens (tertiary/aromatic N) is 4. The Morgan fingerprint density at radius 3 is 2.44 bits per heavy atom. The highest BCUT2D eigenvalue weighted by molar-refractivity contribution is 7.84. The van der Waals surface area contributed by atoms with Gasteiger partial charge in [0.1, 0.15) is 0 Å². The second kappa shape index (κ2) is 12.3. The van der Waals surface area contributed by atoms with Crippen LogP contribution in [0.3, 0.4) is 0 Å². The summed E-state index contributed by atoms with van der Waals surface area (Å²) < 4.78 is 20.0. The molecule has 7 nitrogen and oxygen atoms in total. The van der Waals surface area contributed by atoms with E-state index in [0.29, 0.717) is 13.0 Å². The van der Waals surface area contributed by atoms with Crippen LogP contribution in [0.5, 0.6) is 0 Å². The van der Waals surface area contributed by atoms with E-state index in [1.54, 1.807) is 0 Å². The lowest BCUT2D eigenvalue weighted by Crippen LogP contribution is -2.40. The maximum Gasteiger partial charge on any atom is 0.192 e. The van der Waals surface area contributed by atoms with Gasteiger partial charge in [0.05, 0.1) is 45.4 Å². The molecule has 0 aliphatic rings. The van der Waals surface area contributed by atoms with Crippen molar-refractivity contribution in [3.05, 3.63) is 72.2 Å². The van der Waals surface area contributed by atoms with Gasteiger partial charge in [-0.15, -0.1) is 0 Å². The van der Waals surface area contributed by atoms with Gasteiger partial charge in [-0.3, -0.25) is 10.1 Å². The van der Waals surface area contributed by atoms with Crippen LogP contribution in [0, 0.1) is 0 Å². The molecule has 1 aromatic carbocycles. The van der Waals surface area contributed by atoms with Gasteiger partial charge >= 0.3 is 0 Å². The third-order valence-corrected chi connectivity index (χ3v) is 14.1. The zero-order valence-electron chi connectivity index (χ0n) is 25.8. The molecule has 2 atom stereocenters. The standard InChI is InChI=1S/C32H45N5O2SSi/c1-9-12-24(20-32(5,6)40(33)38)28-15-11-14-27(36-28)23-17-18-25-21-34-37(29(25)19-23)30-16-10-13-26(35-30)22-39-41(7,8)31(2,3)4/h10-11,13-19,21,24H,9,12,20,22,33H2,1-8H3/t24-,40?/m0/s1. The van der Waals surface area contributed by atoms with E-state index in [9.17, 15) is 4.21 Å². The number of hydrogen-bond acceptors (Lipinski definition) is 5. The Bertz CT molecular complexity index is 1530. The second-order valence-corrected chi connectivity index (χ2v) is 19.6. The Morgan fingerprint density at radius 1 is 1.02 bits per heavy atom. The molecule has 0 fully saturated rings. The largest absolute Gasteiger partial charge is 0.411 e. The summed E-state index contributed by atoms with van der Waals surface area (Å²) in [6.07, 6.45) is 4.56. The molecule has 0 bridgehead atoms. The molecule has 4 rings (SSSR count). The van der Waals surface area contributed by atoms with E-state index in [4.69, 9.17) is 19.5 Å².